The minimum Gasteiger partial charge on any atom is -0.310 e. The largest absolute Gasteiger partial charge is 0.310 e. The van der Waals surface area contributed by atoms with Crippen molar-refractivity contribution in [1.29, 1.82) is 0 Å². The smallest absolute Gasteiger partial charge is 0.0540 e. The SMILES string of the molecule is c1ccc(-c2ccccc2-c2ccccc2-c2ccccc2-c2ccc(N(c3cccc(-c4cccc5ccccc45)c3)c3ccccc3-c3ccccc3)cc2)cc1. The monoisotopic (exact) mass is 751 g/mol. The van der Waals surface area contributed by atoms with Gasteiger partial charge in [-0.15, -0.1) is 0 Å². The first-order valence-corrected chi connectivity index (χ1v) is 20.3. The Balaban J connectivity index is 1.09. The third-order valence-corrected chi connectivity index (χ3v) is 11.3. The summed E-state index contributed by atoms with van der Waals surface area (Å²) in [6, 6.07) is 89.8. The van der Waals surface area contributed by atoms with Crippen LogP contribution >= 0.6 is 0 Å². The molecule has 0 aliphatic rings. The molecule has 0 heterocycles. The zero-order valence-corrected chi connectivity index (χ0v) is 32.6. The maximum Gasteiger partial charge on any atom is 0.0540 e. The van der Waals surface area contributed by atoms with Crippen molar-refractivity contribution in [3.8, 4) is 66.8 Å². The Morgan fingerprint density at radius 1 is 0.220 bits per heavy atom. The molecule has 0 amide bonds. The molecule has 59 heavy (non-hydrogen) atoms. The van der Waals surface area contributed by atoms with Crippen LogP contribution in [0.3, 0.4) is 0 Å². The van der Waals surface area contributed by atoms with Crippen LogP contribution in [0.15, 0.2) is 249 Å². The molecular weight excluding hydrogens is 711 g/mol. The van der Waals surface area contributed by atoms with Gasteiger partial charge in [-0.3, -0.25) is 0 Å². The Kier molecular flexibility index (Phi) is 9.68. The van der Waals surface area contributed by atoms with Crippen molar-refractivity contribution in [1.82, 2.24) is 0 Å². The van der Waals surface area contributed by atoms with Crippen LogP contribution in [0.25, 0.3) is 77.5 Å². The standard InChI is InChI=1S/C58H41N/c1-3-19-42(20-4-1)50-28-9-11-31-54(50)56-33-13-14-34-57(56)55-32-12-10-29-51(55)45-37-39-47(40-38-45)59(58-36-16-15-30-53(58)44-21-5-2-6-22-44)48-26-17-25-46(41-48)52-35-18-24-43-23-7-8-27-49(43)52/h1-41H. The Bertz CT molecular complexity index is 3030. The summed E-state index contributed by atoms with van der Waals surface area (Å²) in [5, 5.41) is 2.48. The number of nitrogens with zero attached hydrogens (tertiary/aromatic N) is 1. The molecule has 1 heteroatoms. The summed E-state index contributed by atoms with van der Waals surface area (Å²) < 4.78 is 0. The molecule has 0 spiro atoms. The van der Waals surface area contributed by atoms with Gasteiger partial charge in [-0.2, -0.15) is 0 Å². The second kappa shape index (κ2) is 16.0. The second-order valence-electron chi connectivity index (χ2n) is 14.8. The van der Waals surface area contributed by atoms with Gasteiger partial charge < -0.3 is 4.90 Å². The Morgan fingerprint density at radius 2 is 0.627 bits per heavy atom. The lowest BCUT2D eigenvalue weighted by Gasteiger charge is -2.28. The van der Waals surface area contributed by atoms with Crippen molar-refractivity contribution in [2.24, 2.45) is 0 Å². The molecule has 1 nitrogen and oxygen atoms in total. The number of fused-ring (bicyclic) bond motifs is 1. The number of anilines is 3. The minimum atomic E-state index is 1.09. The van der Waals surface area contributed by atoms with Gasteiger partial charge in [0.2, 0.25) is 0 Å². The van der Waals surface area contributed by atoms with Gasteiger partial charge in [0.25, 0.3) is 0 Å². The quantitative estimate of drug-likeness (QED) is 0.142. The van der Waals surface area contributed by atoms with E-state index in [1.54, 1.807) is 0 Å². The number of hydrogen-bond donors (Lipinski definition) is 0. The molecule has 0 aromatic heterocycles. The summed E-state index contributed by atoms with van der Waals surface area (Å²) >= 11 is 0. The number of hydrogen-bond acceptors (Lipinski definition) is 1. The Morgan fingerprint density at radius 3 is 1.25 bits per heavy atom. The maximum absolute atomic E-state index is 2.41. The van der Waals surface area contributed by atoms with Crippen LogP contribution in [0.1, 0.15) is 0 Å². The predicted molar refractivity (Wildman–Crippen MR) is 251 cm³/mol. The Hall–Kier alpha value is -7.74. The van der Waals surface area contributed by atoms with E-state index in [0.29, 0.717) is 0 Å². The summed E-state index contributed by atoms with van der Waals surface area (Å²) in [7, 11) is 0. The van der Waals surface area contributed by atoms with Gasteiger partial charge in [0.1, 0.15) is 0 Å². The van der Waals surface area contributed by atoms with Crippen molar-refractivity contribution < 1.29 is 0 Å². The van der Waals surface area contributed by atoms with Crippen LogP contribution in [-0.2, 0) is 0 Å². The molecule has 0 aliphatic carbocycles. The lowest BCUT2D eigenvalue weighted by Crippen LogP contribution is -2.11. The molecule has 0 unspecified atom stereocenters. The van der Waals surface area contributed by atoms with Crippen molar-refractivity contribution in [2.75, 3.05) is 4.90 Å². The van der Waals surface area contributed by atoms with Gasteiger partial charge in [-0.25, -0.2) is 0 Å². The first-order chi connectivity index (χ1) is 29.3. The Labute approximate surface area is 346 Å². The molecule has 10 aromatic rings. The van der Waals surface area contributed by atoms with Crippen molar-refractivity contribution >= 4 is 27.8 Å². The highest BCUT2D eigenvalue weighted by Crippen LogP contribution is 2.45. The van der Waals surface area contributed by atoms with E-state index < -0.39 is 0 Å². The molecular formula is C58H41N. The van der Waals surface area contributed by atoms with E-state index >= 15 is 0 Å². The highest BCUT2D eigenvalue weighted by atomic mass is 15.1. The van der Waals surface area contributed by atoms with Crippen LogP contribution in [0, 0.1) is 0 Å². The van der Waals surface area contributed by atoms with E-state index in [0.717, 1.165) is 22.6 Å². The normalized spacial score (nSPS) is 11.1. The molecule has 0 atom stereocenters. The molecule has 0 fully saturated rings. The fourth-order valence-electron chi connectivity index (χ4n) is 8.55. The third kappa shape index (κ3) is 7.01. The molecule has 0 saturated heterocycles. The van der Waals surface area contributed by atoms with Crippen molar-refractivity contribution in [3.63, 3.8) is 0 Å². The van der Waals surface area contributed by atoms with Crippen LogP contribution < -0.4 is 4.90 Å². The molecule has 0 radical (unpaired) electrons. The number of para-hydroxylation sites is 1. The molecule has 0 bridgehead atoms. The fourth-order valence-corrected chi connectivity index (χ4v) is 8.55. The van der Waals surface area contributed by atoms with Gasteiger partial charge in [-0.05, 0) is 102 Å². The van der Waals surface area contributed by atoms with E-state index in [9.17, 15) is 0 Å². The average Bonchev–Trinajstić information content (AvgIpc) is 3.32. The lowest BCUT2D eigenvalue weighted by atomic mass is 9.87. The summed E-state index contributed by atoms with van der Waals surface area (Å²) in [5.41, 5.74) is 17.7. The van der Waals surface area contributed by atoms with E-state index in [1.807, 2.05) is 0 Å². The van der Waals surface area contributed by atoms with Gasteiger partial charge in [0.05, 0.1) is 5.69 Å². The topological polar surface area (TPSA) is 3.24 Å². The van der Waals surface area contributed by atoms with Gasteiger partial charge in [-0.1, -0.05) is 218 Å². The molecule has 278 valence electrons. The minimum absolute atomic E-state index is 1.09. The highest BCUT2D eigenvalue weighted by Gasteiger charge is 2.20. The van der Waals surface area contributed by atoms with Gasteiger partial charge in [0.15, 0.2) is 0 Å². The summed E-state index contributed by atoms with van der Waals surface area (Å²) in [5.74, 6) is 0. The summed E-state index contributed by atoms with van der Waals surface area (Å²) in [4.78, 5) is 2.41. The fraction of sp³-hybridized carbons (Fsp3) is 0. The van der Waals surface area contributed by atoms with E-state index in [4.69, 9.17) is 0 Å². The van der Waals surface area contributed by atoms with Crippen LogP contribution in [0.4, 0.5) is 17.1 Å². The molecule has 0 saturated carbocycles. The molecule has 10 rings (SSSR count). The average molecular weight is 752 g/mol. The van der Waals surface area contributed by atoms with Crippen LogP contribution in [0.5, 0.6) is 0 Å². The first kappa shape index (κ1) is 35.7. The summed E-state index contributed by atoms with van der Waals surface area (Å²) in [6.45, 7) is 0. The number of rotatable bonds is 9. The van der Waals surface area contributed by atoms with Crippen LogP contribution in [-0.4, -0.2) is 0 Å². The van der Waals surface area contributed by atoms with Crippen molar-refractivity contribution in [3.05, 3.63) is 249 Å². The van der Waals surface area contributed by atoms with Gasteiger partial charge in [0, 0.05) is 16.9 Å². The second-order valence-corrected chi connectivity index (χ2v) is 14.8. The molecule has 10 aromatic carbocycles. The first-order valence-electron chi connectivity index (χ1n) is 20.3. The van der Waals surface area contributed by atoms with E-state index in [-0.39, 0.29) is 0 Å². The highest BCUT2D eigenvalue weighted by molar-refractivity contribution is 5.99. The molecule has 0 aliphatic heterocycles. The van der Waals surface area contributed by atoms with E-state index in [2.05, 4.69) is 254 Å². The summed E-state index contributed by atoms with van der Waals surface area (Å²) in [6.07, 6.45) is 0. The number of benzene rings is 10. The van der Waals surface area contributed by atoms with Crippen molar-refractivity contribution in [2.45, 2.75) is 0 Å². The maximum atomic E-state index is 2.41. The molecule has 0 N–H and O–H groups in total. The van der Waals surface area contributed by atoms with Gasteiger partial charge >= 0.3 is 0 Å². The lowest BCUT2D eigenvalue weighted by molar-refractivity contribution is 1.28. The zero-order chi connectivity index (χ0) is 39.4. The zero-order valence-electron chi connectivity index (χ0n) is 32.6. The predicted octanol–water partition coefficient (Wildman–Crippen LogP) is 16.3. The van der Waals surface area contributed by atoms with E-state index in [1.165, 1.54) is 72.0 Å². The third-order valence-electron chi connectivity index (χ3n) is 11.3. The van der Waals surface area contributed by atoms with Crippen LogP contribution in [0.2, 0.25) is 0 Å².